The molecule has 0 amide bonds. The number of imidazole rings is 1. The van der Waals surface area contributed by atoms with E-state index in [0.29, 0.717) is 17.5 Å². The SMILES string of the molecule is CCOc1ccc(-n2c(SCc3ncc(Cl)n3C)nnc2-c2cccnc2)cc1. The Kier molecular flexibility index (Phi) is 5.82. The van der Waals surface area contributed by atoms with Gasteiger partial charge in [0.25, 0.3) is 0 Å². The molecule has 29 heavy (non-hydrogen) atoms. The van der Waals surface area contributed by atoms with Crippen molar-refractivity contribution in [2.45, 2.75) is 17.8 Å². The number of nitrogens with zero attached hydrogens (tertiary/aromatic N) is 6. The Morgan fingerprint density at radius 3 is 2.59 bits per heavy atom. The topological polar surface area (TPSA) is 70.7 Å². The van der Waals surface area contributed by atoms with Crippen LogP contribution in [0.15, 0.2) is 60.1 Å². The van der Waals surface area contributed by atoms with Gasteiger partial charge < -0.3 is 9.30 Å². The minimum atomic E-state index is 0.602. The lowest BCUT2D eigenvalue weighted by Crippen LogP contribution is -2.02. The van der Waals surface area contributed by atoms with Crippen molar-refractivity contribution in [3.63, 3.8) is 0 Å². The van der Waals surface area contributed by atoms with Crippen LogP contribution in [0.4, 0.5) is 0 Å². The molecule has 4 rings (SSSR count). The highest BCUT2D eigenvalue weighted by atomic mass is 35.5. The van der Waals surface area contributed by atoms with Crippen molar-refractivity contribution in [2.75, 3.05) is 6.61 Å². The smallest absolute Gasteiger partial charge is 0.196 e. The van der Waals surface area contributed by atoms with Crippen LogP contribution >= 0.6 is 23.4 Å². The van der Waals surface area contributed by atoms with Gasteiger partial charge in [-0.05, 0) is 43.3 Å². The van der Waals surface area contributed by atoms with Crippen LogP contribution in [0.25, 0.3) is 17.1 Å². The Labute approximate surface area is 177 Å². The number of benzene rings is 1. The van der Waals surface area contributed by atoms with Gasteiger partial charge in [0, 0.05) is 30.7 Å². The van der Waals surface area contributed by atoms with Gasteiger partial charge in [-0.25, -0.2) is 4.98 Å². The van der Waals surface area contributed by atoms with E-state index in [1.807, 2.05) is 59.5 Å². The average Bonchev–Trinajstić information content (AvgIpc) is 3.32. The Balaban J connectivity index is 1.71. The molecular weight excluding hydrogens is 408 g/mol. The third kappa shape index (κ3) is 4.13. The van der Waals surface area contributed by atoms with Gasteiger partial charge in [-0.2, -0.15) is 0 Å². The van der Waals surface area contributed by atoms with E-state index in [-0.39, 0.29) is 0 Å². The lowest BCUT2D eigenvalue weighted by atomic mass is 10.2. The van der Waals surface area contributed by atoms with E-state index in [0.717, 1.165) is 33.8 Å². The van der Waals surface area contributed by atoms with E-state index < -0.39 is 0 Å². The largest absolute Gasteiger partial charge is 0.494 e. The van der Waals surface area contributed by atoms with Gasteiger partial charge in [-0.3, -0.25) is 9.55 Å². The summed E-state index contributed by atoms with van der Waals surface area (Å²) in [7, 11) is 1.89. The molecule has 0 spiro atoms. The van der Waals surface area contributed by atoms with Crippen LogP contribution < -0.4 is 4.74 Å². The van der Waals surface area contributed by atoms with E-state index in [4.69, 9.17) is 16.3 Å². The molecule has 0 radical (unpaired) electrons. The van der Waals surface area contributed by atoms with E-state index >= 15 is 0 Å². The molecule has 0 N–H and O–H groups in total. The highest BCUT2D eigenvalue weighted by molar-refractivity contribution is 7.98. The molecule has 7 nitrogen and oxygen atoms in total. The Bertz CT molecular complexity index is 1090. The molecule has 0 saturated carbocycles. The summed E-state index contributed by atoms with van der Waals surface area (Å²) in [5.74, 6) is 3.03. The number of ether oxygens (including phenoxy) is 1. The van der Waals surface area contributed by atoms with E-state index in [1.165, 1.54) is 0 Å². The summed E-state index contributed by atoms with van der Waals surface area (Å²) in [5.41, 5.74) is 1.83. The Hall–Kier alpha value is -2.84. The van der Waals surface area contributed by atoms with Crippen LogP contribution in [-0.2, 0) is 12.8 Å². The minimum absolute atomic E-state index is 0.602. The first-order chi connectivity index (χ1) is 14.2. The van der Waals surface area contributed by atoms with Crippen LogP contribution in [0.1, 0.15) is 12.7 Å². The van der Waals surface area contributed by atoms with Gasteiger partial charge in [0.1, 0.15) is 16.7 Å². The molecule has 148 valence electrons. The Morgan fingerprint density at radius 1 is 1.10 bits per heavy atom. The third-order valence-electron chi connectivity index (χ3n) is 4.32. The molecule has 0 fully saturated rings. The first-order valence-electron chi connectivity index (χ1n) is 9.05. The van der Waals surface area contributed by atoms with Gasteiger partial charge >= 0.3 is 0 Å². The molecule has 0 aliphatic rings. The summed E-state index contributed by atoms with van der Waals surface area (Å²) in [4.78, 5) is 8.57. The second-order valence-corrected chi connectivity index (χ2v) is 7.48. The van der Waals surface area contributed by atoms with Crippen molar-refractivity contribution >= 4 is 23.4 Å². The minimum Gasteiger partial charge on any atom is -0.494 e. The maximum Gasteiger partial charge on any atom is 0.196 e. The van der Waals surface area contributed by atoms with Crippen LogP contribution in [-0.4, -0.2) is 35.9 Å². The van der Waals surface area contributed by atoms with Gasteiger partial charge in [-0.15, -0.1) is 10.2 Å². The maximum atomic E-state index is 6.10. The first kappa shape index (κ1) is 19.5. The van der Waals surface area contributed by atoms with Gasteiger partial charge in [0.05, 0.1) is 18.6 Å². The van der Waals surface area contributed by atoms with Gasteiger partial charge in [-0.1, -0.05) is 23.4 Å². The zero-order valence-corrected chi connectivity index (χ0v) is 17.6. The molecule has 0 aliphatic carbocycles. The predicted octanol–water partition coefficient (Wildman–Crippen LogP) is 4.41. The number of halogens is 1. The molecule has 0 unspecified atom stereocenters. The average molecular weight is 427 g/mol. The fourth-order valence-electron chi connectivity index (χ4n) is 2.82. The predicted molar refractivity (Wildman–Crippen MR) is 114 cm³/mol. The van der Waals surface area contributed by atoms with Crippen LogP contribution in [0.3, 0.4) is 0 Å². The quantitative estimate of drug-likeness (QED) is 0.408. The summed E-state index contributed by atoms with van der Waals surface area (Å²) in [5, 5.41) is 10.2. The molecule has 0 aliphatic heterocycles. The summed E-state index contributed by atoms with van der Waals surface area (Å²) in [6.45, 7) is 2.59. The molecule has 3 aromatic heterocycles. The third-order valence-corrected chi connectivity index (χ3v) is 5.59. The summed E-state index contributed by atoms with van der Waals surface area (Å²) in [6, 6.07) is 11.7. The number of hydrogen-bond donors (Lipinski definition) is 0. The molecule has 3 heterocycles. The van der Waals surface area contributed by atoms with Crippen LogP contribution in [0, 0.1) is 0 Å². The van der Waals surface area contributed by atoms with Crippen molar-refractivity contribution in [2.24, 2.45) is 7.05 Å². The second kappa shape index (κ2) is 8.67. The molecule has 9 heteroatoms. The van der Waals surface area contributed by atoms with Crippen molar-refractivity contribution in [1.29, 1.82) is 0 Å². The monoisotopic (exact) mass is 426 g/mol. The van der Waals surface area contributed by atoms with E-state index in [9.17, 15) is 0 Å². The standard InChI is InChI=1S/C20H19ClN6OS/c1-3-28-16-8-6-15(7-9-16)27-19(14-5-4-10-22-11-14)24-25-20(27)29-13-18-23-12-17(21)26(18)2/h4-12H,3,13H2,1-2H3. The van der Waals surface area contributed by atoms with Crippen molar-refractivity contribution < 1.29 is 4.74 Å². The summed E-state index contributed by atoms with van der Waals surface area (Å²) in [6.07, 6.45) is 5.17. The van der Waals surface area contributed by atoms with Crippen molar-refractivity contribution in [1.82, 2.24) is 29.3 Å². The number of aromatic nitrogens is 6. The first-order valence-corrected chi connectivity index (χ1v) is 10.4. The number of rotatable bonds is 7. The Morgan fingerprint density at radius 2 is 1.93 bits per heavy atom. The fraction of sp³-hybridized carbons (Fsp3) is 0.200. The number of hydrogen-bond acceptors (Lipinski definition) is 6. The van der Waals surface area contributed by atoms with Crippen molar-refractivity contribution in [3.05, 3.63) is 66.0 Å². The summed E-state index contributed by atoms with van der Waals surface area (Å²) < 4.78 is 9.44. The van der Waals surface area contributed by atoms with E-state index in [2.05, 4.69) is 20.2 Å². The number of thioether (sulfide) groups is 1. The fourth-order valence-corrected chi connectivity index (χ4v) is 3.92. The second-order valence-electron chi connectivity index (χ2n) is 6.16. The van der Waals surface area contributed by atoms with Gasteiger partial charge in [0.2, 0.25) is 0 Å². The molecule has 0 bridgehead atoms. The van der Waals surface area contributed by atoms with Gasteiger partial charge in [0.15, 0.2) is 11.0 Å². The molecule has 4 aromatic rings. The molecular formula is C20H19ClN6OS. The zero-order chi connectivity index (χ0) is 20.2. The summed E-state index contributed by atoms with van der Waals surface area (Å²) >= 11 is 7.65. The molecule has 0 atom stereocenters. The highest BCUT2D eigenvalue weighted by Crippen LogP contribution is 2.30. The normalized spacial score (nSPS) is 11.0. The van der Waals surface area contributed by atoms with Crippen LogP contribution in [0.2, 0.25) is 5.15 Å². The lowest BCUT2D eigenvalue weighted by Gasteiger charge is -2.11. The zero-order valence-electron chi connectivity index (χ0n) is 16.0. The maximum absolute atomic E-state index is 6.10. The van der Waals surface area contributed by atoms with Crippen molar-refractivity contribution in [3.8, 4) is 22.8 Å². The highest BCUT2D eigenvalue weighted by Gasteiger charge is 2.17. The van der Waals surface area contributed by atoms with Crippen LogP contribution in [0.5, 0.6) is 5.75 Å². The molecule has 0 saturated heterocycles. The van der Waals surface area contributed by atoms with E-state index in [1.54, 1.807) is 30.4 Å². The lowest BCUT2D eigenvalue weighted by molar-refractivity contribution is 0.340. The number of pyridine rings is 1. The molecule has 1 aromatic carbocycles.